The molecule has 2 aromatic carbocycles. The van der Waals surface area contributed by atoms with Crippen LogP contribution in [0.1, 0.15) is 28.5 Å². The number of benzene rings is 2. The number of carbonyl (C=O) groups is 2. The monoisotopic (exact) mass is 384 g/mol. The molecule has 1 N–H and O–H groups in total. The van der Waals surface area contributed by atoms with Crippen molar-refractivity contribution >= 4 is 34.3 Å². The smallest absolute Gasteiger partial charge is 0.262 e. The fourth-order valence-electron chi connectivity index (χ4n) is 3.22. The fraction of sp³-hybridized carbons (Fsp3) is 0.238. The Hall–Kier alpha value is -2.79. The summed E-state index contributed by atoms with van der Waals surface area (Å²) in [5.41, 5.74) is 2.83. The van der Waals surface area contributed by atoms with Crippen molar-refractivity contribution in [2.75, 3.05) is 13.7 Å². The first kappa shape index (κ1) is 19.0. The Morgan fingerprint density at radius 1 is 1.15 bits per heavy atom. The lowest BCUT2D eigenvalue weighted by molar-refractivity contribution is -0.120. The van der Waals surface area contributed by atoms with Crippen LogP contribution in [0.5, 0.6) is 5.75 Å². The number of nitrogens with zero attached hydrogens (tertiary/aromatic N) is 1. The number of carbonyl (C=O) groups excluding carboxylic acids is 2. The average molecular weight is 385 g/mol. The van der Waals surface area contributed by atoms with Crippen LogP contribution in [0.4, 0.5) is 0 Å². The number of likely N-dealkylation sites (N-methyl/N-ethyl adjacent to an activating group) is 1. The van der Waals surface area contributed by atoms with Crippen molar-refractivity contribution < 1.29 is 14.3 Å². The summed E-state index contributed by atoms with van der Waals surface area (Å²) >= 11 is 5.94. The normalized spacial score (nSPS) is 10.8. The Kier molecular flexibility index (Phi) is 5.51. The molecule has 0 aliphatic rings. The van der Waals surface area contributed by atoms with Gasteiger partial charge in [0.2, 0.25) is 5.91 Å². The predicted octanol–water partition coefficient (Wildman–Crippen LogP) is 3.98. The SMILES string of the molecule is CCNC(=O)Cc1c(C)n(C(=O)c2ccc(Cl)cc2)c2ccc(OC)cc12. The first-order valence-electron chi connectivity index (χ1n) is 8.71. The summed E-state index contributed by atoms with van der Waals surface area (Å²) in [6.07, 6.45) is 0.199. The Morgan fingerprint density at radius 2 is 1.85 bits per heavy atom. The maximum Gasteiger partial charge on any atom is 0.262 e. The first-order chi connectivity index (χ1) is 13.0. The summed E-state index contributed by atoms with van der Waals surface area (Å²) in [5, 5.41) is 4.22. The summed E-state index contributed by atoms with van der Waals surface area (Å²) in [5.74, 6) is 0.429. The van der Waals surface area contributed by atoms with Crippen molar-refractivity contribution in [1.82, 2.24) is 9.88 Å². The zero-order valence-electron chi connectivity index (χ0n) is 15.5. The van der Waals surface area contributed by atoms with E-state index >= 15 is 0 Å². The number of hydrogen-bond acceptors (Lipinski definition) is 3. The fourth-order valence-corrected chi connectivity index (χ4v) is 3.34. The van der Waals surface area contributed by atoms with Gasteiger partial charge in [-0.05, 0) is 61.9 Å². The van der Waals surface area contributed by atoms with Gasteiger partial charge in [-0.25, -0.2) is 0 Å². The number of aromatic nitrogens is 1. The molecule has 27 heavy (non-hydrogen) atoms. The number of halogens is 1. The Morgan fingerprint density at radius 3 is 2.48 bits per heavy atom. The largest absolute Gasteiger partial charge is 0.497 e. The molecule has 0 aliphatic carbocycles. The van der Waals surface area contributed by atoms with Crippen molar-refractivity contribution in [3.63, 3.8) is 0 Å². The molecule has 5 nitrogen and oxygen atoms in total. The number of ether oxygens (including phenoxy) is 1. The molecule has 0 aliphatic heterocycles. The van der Waals surface area contributed by atoms with E-state index < -0.39 is 0 Å². The molecule has 0 saturated carbocycles. The van der Waals surface area contributed by atoms with Crippen molar-refractivity contribution in [3.05, 3.63) is 64.3 Å². The molecule has 140 valence electrons. The third kappa shape index (κ3) is 3.69. The first-order valence-corrected chi connectivity index (χ1v) is 9.09. The molecule has 3 aromatic rings. The minimum Gasteiger partial charge on any atom is -0.497 e. The standard InChI is InChI=1S/C21H21ClN2O3/c1-4-23-20(25)12-17-13(2)24(19-10-9-16(27-3)11-18(17)19)21(26)14-5-7-15(22)8-6-14/h5-11H,4,12H2,1-3H3,(H,23,25). The van der Waals surface area contributed by atoms with E-state index in [9.17, 15) is 9.59 Å². The van der Waals surface area contributed by atoms with Crippen molar-refractivity contribution in [2.24, 2.45) is 0 Å². The van der Waals surface area contributed by atoms with E-state index in [0.29, 0.717) is 22.9 Å². The summed E-state index contributed by atoms with van der Waals surface area (Å²) in [6.45, 7) is 4.29. The molecular weight excluding hydrogens is 364 g/mol. The quantitative estimate of drug-likeness (QED) is 0.723. The molecular formula is C21H21ClN2O3. The molecule has 6 heteroatoms. The lowest BCUT2D eigenvalue weighted by atomic mass is 10.1. The molecule has 1 amide bonds. The van der Waals surface area contributed by atoms with Gasteiger partial charge in [-0.1, -0.05) is 11.6 Å². The summed E-state index contributed by atoms with van der Waals surface area (Å²) in [6, 6.07) is 12.3. The number of hydrogen-bond donors (Lipinski definition) is 1. The number of amides is 1. The van der Waals surface area contributed by atoms with Gasteiger partial charge in [0.1, 0.15) is 5.75 Å². The van der Waals surface area contributed by atoms with Gasteiger partial charge in [0.05, 0.1) is 19.0 Å². The summed E-state index contributed by atoms with van der Waals surface area (Å²) in [7, 11) is 1.59. The van der Waals surface area contributed by atoms with E-state index in [1.165, 1.54) is 0 Å². The number of methoxy groups -OCH3 is 1. The number of rotatable bonds is 5. The maximum absolute atomic E-state index is 13.2. The van der Waals surface area contributed by atoms with Crippen molar-refractivity contribution in [2.45, 2.75) is 20.3 Å². The van der Waals surface area contributed by atoms with E-state index in [-0.39, 0.29) is 18.2 Å². The highest BCUT2D eigenvalue weighted by Gasteiger charge is 2.21. The second-order valence-corrected chi connectivity index (χ2v) is 6.66. The van der Waals surface area contributed by atoms with E-state index in [2.05, 4.69) is 5.32 Å². The molecule has 0 spiro atoms. The molecule has 3 rings (SSSR count). The van der Waals surface area contributed by atoms with Crippen LogP contribution in [0, 0.1) is 6.92 Å². The van der Waals surface area contributed by atoms with Crippen LogP contribution in [-0.2, 0) is 11.2 Å². The maximum atomic E-state index is 13.2. The molecule has 0 bridgehead atoms. The van der Waals surface area contributed by atoms with Gasteiger partial charge in [0.15, 0.2) is 0 Å². The van der Waals surface area contributed by atoms with E-state index in [1.54, 1.807) is 35.9 Å². The zero-order chi connectivity index (χ0) is 19.6. The van der Waals surface area contributed by atoms with Crippen LogP contribution in [-0.4, -0.2) is 30.0 Å². The third-order valence-corrected chi connectivity index (χ3v) is 4.80. The van der Waals surface area contributed by atoms with Gasteiger partial charge >= 0.3 is 0 Å². The molecule has 0 radical (unpaired) electrons. The molecule has 0 unspecified atom stereocenters. The van der Waals surface area contributed by atoms with Crippen LogP contribution >= 0.6 is 11.6 Å². The Bertz CT molecular complexity index is 1010. The number of nitrogens with one attached hydrogen (secondary N) is 1. The summed E-state index contributed by atoms with van der Waals surface area (Å²) < 4.78 is 6.97. The van der Waals surface area contributed by atoms with Gasteiger partial charge in [0, 0.05) is 28.2 Å². The van der Waals surface area contributed by atoms with Crippen molar-refractivity contribution in [1.29, 1.82) is 0 Å². The highest BCUT2D eigenvalue weighted by Crippen LogP contribution is 2.30. The van der Waals surface area contributed by atoms with Gasteiger partial charge in [0.25, 0.3) is 5.91 Å². The predicted molar refractivity (Wildman–Crippen MR) is 107 cm³/mol. The second-order valence-electron chi connectivity index (χ2n) is 6.22. The van der Waals surface area contributed by atoms with Crippen LogP contribution in [0.25, 0.3) is 10.9 Å². The average Bonchev–Trinajstić information content (AvgIpc) is 2.93. The number of fused-ring (bicyclic) bond motifs is 1. The van der Waals surface area contributed by atoms with E-state index in [0.717, 1.165) is 22.2 Å². The molecule has 1 aromatic heterocycles. The van der Waals surface area contributed by atoms with Crippen LogP contribution in [0.2, 0.25) is 5.02 Å². The second kappa shape index (κ2) is 7.84. The summed E-state index contributed by atoms with van der Waals surface area (Å²) in [4.78, 5) is 25.4. The zero-order valence-corrected chi connectivity index (χ0v) is 16.3. The van der Waals surface area contributed by atoms with Crippen LogP contribution in [0.15, 0.2) is 42.5 Å². The molecule has 0 fully saturated rings. The molecule has 0 saturated heterocycles. The van der Waals surface area contributed by atoms with Gasteiger partial charge < -0.3 is 10.1 Å². The van der Waals surface area contributed by atoms with Gasteiger partial charge in [-0.15, -0.1) is 0 Å². The van der Waals surface area contributed by atoms with Gasteiger partial charge in [-0.2, -0.15) is 0 Å². The van der Waals surface area contributed by atoms with E-state index in [1.807, 2.05) is 32.0 Å². The van der Waals surface area contributed by atoms with E-state index in [4.69, 9.17) is 16.3 Å². The van der Waals surface area contributed by atoms with Crippen molar-refractivity contribution in [3.8, 4) is 5.75 Å². The minimum absolute atomic E-state index is 0.0820. The minimum atomic E-state index is -0.165. The molecule has 1 heterocycles. The lowest BCUT2D eigenvalue weighted by Gasteiger charge is -2.08. The topological polar surface area (TPSA) is 60.3 Å². The Balaban J connectivity index is 2.17. The highest BCUT2D eigenvalue weighted by molar-refractivity contribution is 6.30. The highest BCUT2D eigenvalue weighted by atomic mass is 35.5. The van der Waals surface area contributed by atoms with Crippen LogP contribution in [0.3, 0.4) is 0 Å². The van der Waals surface area contributed by atoms with Gasteiger partial charge in [-0.3, -0.25) is 14.2 Å². The molecule has 0 atom stereocenters. The third-order valence-electron chi connectivity index (χ3n) is 4.55. The Labute approximate surface area is 162 Å². The van der Waals surface area contributed by atoms with Crippen LogP contribution < -0.4 is 10.1 Å². The lowest BCUT2D eigenvalue weighted by Crippen LogP contribution is -2.24.